The van der Waals surface area contributed by atoms with Crippen LogP contribution in [0.25, 0.3) is 0 Å². The molecule has 45 heavy (non-hydrogen) atoms. The molecular formula is C34H44F2N2O7. The third-order valence-corrected chi connectivity index (χ3v) is 9.70. The molecule has 0 aromatic heterocycles. The lowest BCUT2D eigenvalue weighted by Crippen LogP contribution is -2.50. The van der Waals surface area contributed by atoms with E-state index in [-0.39, 0.29) is 66.1 Å². The van der Waals surface area contributed by atoms with Crippen molar-refractivity contribution < 1.29 is 42.1 Å². The van der Waals surface area contributed by atoms with Crippen LogP contribution >= 0.6 is 0 Å². The van der Waals surface area contributed by atoms with Gasteiger partial charge in [-0.05, 0) is 66.7 Å². The van der Waals surface area contributed by atoms with Crippen LogP contribution in [0.3, 0.4) is 0 Å². The largest absolute Gasteiger partial charge is 0.586 e. The minimum absolute atomic E-state index is 0.0531. The van der Waals surface area contributed by atoms with Gasteiger partial charge < -0.3 is 29.2 Å². The Morgan fingerprint density at radius 1 is 1.16 bits per heavy atom. The number of ether oxygens (including phenoxy) is 4. The average Bonchev–Trinajstić information content (AvgIpc) is 3.30. The van der Waals surface area contributed by atoms with Gasteiger partial charge in [-0.1, -0.05) is 52.0 Å². The molecule has 2 amide bonds. The molecule has 246 valence electrons. The van der Waals surface area contributed by atoms with Crippen molar-refractivity contribution in [3.8, 4) is 11.5 Å². The van der Waals surface area contributed by atoms with Crippen LogP contribution in [0.1, 0.15) is 71.8 Å². The molecule has 0 spiro atoms. The predicted molar refractivity (Wildman–Crippen MR) is 161 cm³/mol. The Labute approximate surface area is 263 Å². The summed E-state index contributed by atoms with van der Waals surface area (Å²) in [6, 6.07) is 3.91. The minimum Gasteiger partial charge on any atom is -0.461 e. The van der Waals surface area contributed by atoms with E-state index >= 15 is 0 Å². The summed E-state index contributed by atoms with van der Waals surface area (Å²) in [6.07, 6.45) is 5.08. The third kappa shape index (κ3) is 7.44. The highest BCUT2D eigenvalue weighted by molar-refractivity contribution is 5.78. The van der Waals surface area contributed by atoms with Gasteiger partial charge in [0.2, 0.25) is 5.91 Å². The fourth-order valence-corrected chi connectivity index (χ4v) is 7.04. The van der Waals surface area contributed by atoms with Gasteiger partial charge in [-0.3, -0.25) is 9.59 Å². The maximum atomic E-state index is 13.5. The standard InChI is InChI=1S/C34H44F2N2O7/c1-6-20(3)32(40)43-29-14-19(2)13-23-9-7-21(4)26(31(23)29)11-10-25-16-24(17-30(39)37-5)38(33(41)42-25)18-22-8-12-27-28(15-22)45-34(35,36)44-27/h7-9,12-13,15,19-21,24-26,29,31H,6,10-11,14,16-18H2,1-5H3,(H,37,39)/t19-,20-,21-,24+,25+,26-,29-,31-/m0/s1. The SMILES string of the molecule is CC[C@H](C)C(=O)O[C@H]1C[C@@H](C)C=C2C=C[C@H](C)[C@H](CC[C@@H]3C[C@H](CC(=O)NC)N(Cc4ccc5c(c4)OC(F)(F)O5)C(=O)O3)[C@H]21. The fourth-order valence-electron chi connectivity index (χ4n) is 7.04. The van der Waals surface area contributed by atoms with Gasteiger partial charge in [0.15, 0.2) is 11.5 Å². The molecule has 4 aliphatic rings. The van der Waals surface area contributed by atoms with Crippen LogP contribution in [0.4, 0.5) is 13.6 Å². The molecule has 2 aliphatic carbocycles. The number of hydrogen-bond acceptors (Lipinski definition) is 7. The molecule has 1 aromatic rings. The van der Waals surface area contributed by atoms with Gasteiger partial charge in [0.25, 0.3) is 0 Å². The van der Waals surface area contributed by atoms with Crippen LogP contribution < -0.4 is 14.8 Å². The number of halogens is 2. The van der Waals surface area contributed by atoms with Crippen molar-refractivity contribution in [3.05, 3.63) is 47.6 Å². The van der Waals surface area contributed by atoms with Crippen LogP contribution in [0.5, 0.6) is 11.5 Å². The third-order valence-electron chi connectivity index (χ3n) is 9.70. The zero-order valence-electron chi connectivity index (χ0n) is 26.6. The Morgan fingerprint density at radius 2 is 1.91 bits per heavy atom. The summed E-state index contributed by atoms with van der Waals surface area (Å²) in [4.78, 5) is 40.2. The number of nitrogens with one attached hydrogen (secondary N) is 1. The van der Waals surface area contributed by atoms with Crippen LogP contribution in [0.2, 0.25) is 0 Å². The van der Waals surface area contributed by atoms with Gasteiger partial charge >= 0.3 is 18.4 Å². The van der Waals surface area contributed by atoms with Crippen molar-refractivity contribution in [2.75, 3.05) is 7.05 Å². The molecule has 0 unspecified atom stereocenters. The highest BCUT2D eigenvalue weighted by atomic mass is 19.3. The number of carbonyl (C=O) groups excluding carboxylic acids is 3. The minimum atomic E-state index is -3.74. The Hall–Kier alpha value is -3.63. The second kappa shape index (κ2) is 13.4. The first kappa shape index (κ1) is 32.8. The second-order valence-corrected chi connectivity index (χ2v) is 13.0. The lowest BCUT2D eigenvalue weighted by molar-refractivity contribution is -0.286. The topological polar surface area (TPSA) is 103 Å². The van der Waals surface area contributed by atoms with Gasteiger partial charge in [-0.2, -0.15) is 0 Å². The first-order valence-corrected chi connectivity index (χ1v) is 16.0. The smallest absolute Gasteiger partial charge is 0.461 e. The van der Waals surface area contributed by atoms with E-state index in [0.29, 0.717) is 24.3 Å². The highest BCUT2D eigenvalue weighted by Crippen LogP contribution is 2.46. The lowest BCUT2D eigenvalue weighted by Gasteiger charge is -2.44. The van der Waals surface area contributed by atoms with Gasteiger partial charge in [0.1, 0.15) is 12.2 Å². The quantitative estimate of drug-likeness (QED) is 0.300. The molecule has 0 bridgehead atoms. The summed E-state index contributed by atoms with van der Waals surface area (Å²) in [5.41, 5.74) is 1.74. The summed E-state index contributed by atoms with van der Waals surface area (Å²) >= 11 is 0. The van der Waals surface area contributed by atoms with Gasteiger partial charge in [-0.25, -0.2) is 4.79 Å². The predicted octanol–water partition coefficient (Wildman–Crippen LogP) is 6.37. The monoisotopic (exact) mass is 630 g/mol. The number of amides is 2. The van der Waals surface area contributed by atoms with Crippen molar-refractivity contribution in [3.63, 3.8) is 0 Å². The Balaban J connectivity index is 1.29. The van der Waals surface area contributed by atoms with E-state index in [0.717, 1.165) is 19.3 Å². The molecule has 11 heteroatoms. The van der Waals surface area contributed by atoms with E-state index < -0.39 is 24.5 Å². The summed E-state index contributed by atoms with van der Waals surface area (Å²) in [6.45, 7) is 8.25. The van der Waals surface area contributed by atoms with Crippen molar-refractivity contribution in [1.29, 1.82) is 0 Å². The molecule has 0 radical (unpaired) electrons. The molecule has 5 rings (SSSR count). The van der Waals surface area contributed by atoms with E-state index in [2.05, 4.69) is 46.9 Å². The fraction of sp³-hybridized carbons (Fsp3) is 0.618. The van der Waals surface area contributed by atoms with Gasteiger partial charge in [0, 0.05) is 38.4 Å². The molecule has 9 nitrogen and oxygen atoms in total. The molecule has 1 aromatic carbocycles. The van der Waals surface area contributed by atoms with Crippen LogP contribution in [0.15, 0.2) is 42.0 Å². The Kier molecular flexibility index (Phi) is 9.74. The number of hydrogen-bond donors (Lipinski definition) is 1. The second-order valence-electron chi connectivity index (χ2n) is 13.0. The Morgan fingerprint density at radius 3 is 2.64 bits per heavy atom. The number of benzene rings is 1. The van der Waals surface area contributed by atoms with Crippen molar-refractivity contribution >= 4 is 18.0 Å². The van der Waals surface area contributed by atoms with E-state index in [1.54, 1.807) is 13.1 Å². The number of esters is 1. The van der Waals surface area contributed by atoms with E-state index in [1.165, 1.54) is 22.6 Å². The maximum absolute atomic E-state index is 13.5. The Bertz CT molecular complexity index is 1350. The van der Waals surface area contributed by atoms with Crippen LogP contribution in [-0.2, 0) is 25.6 Å². The van der Waals surface area contributed by atoms with E-state index in [9.17, 15) is 23.2 Å². The average molecular weight is 631 g/mol. The summed E-state index contributed by atoms with van der Waals surface area (Å²) in [5, 5.41) is 2.63. The number of allylic oxidation sites excluding steroid dienone is 3. The first-order valence-electron chi connectivity index (χ1n) is 16.0. The summed E-state index contributed by atoms with van der Waals surface area (Å²) in [5.74, 6) is 0.0414. The van der Waals surface area contributed by atoms with Crippen LogP contribution in [-0.4, -0.2) is 54.5 Å². The molecular weight excluding hydrogens is 586 g/mol. The molecule has 1 N–H and O–H groups in total. The molecule has 2 heterocycles. The molecule has 0 saturated carbocycles. The molecule has 1 fully saturated rings. The first-order chi connectivity index (χ1) is 21.4. The number of carbonyl (C=O) groups is 3. The van der Waals surface area contributed by atoms with Crippen molar-refractivity contribution in [2.24, 2.45) is 29.6 Å². The van der Waals surface area contributed by atoms with E-state index in [1.807, 2.05) is 13.8 Å². The van der Waals surface area contributed by atoms with Crippen LogP contribution in [0, 0.1) is 29.6 Å². The molecule has 1 saturated heterocycles. The molecule has 8 atom stereocenters. The zero-order valence-corrected chi connectivity index (χ0v) is 26.6. The number of nitrogens with zero attached hydrogens (tertiary/aromatic N) is 1. The maximum Gasteiger partial charge on any atom is 0.586 e. The van der Waals surface area contributed by atoms with Gasteiger partial charge in [-0.15, -0.1) is 8.78 Å². The van der Waals surface area contributed by atoms with Gasteiger partial charge in [0.05, 0.1) is 5.92 Å². The van der Waals surface area contributed by atoms with E-state index in [4.69, 9.17) is 9.47 Å². The number of rotatable bonds is 10. The number of cyclic esters (lactones) is 1. The number of fused-ring (bicyclic) bond motifs is 2. The summed E-state index contributed by atoms with van der Waals surface area (Å²) < 4.78 is 48.2. The highest BCUT2D eigenvalue weighted by Gasteiger charge is 2.45. The summed E-state index contributed by atoms with van der Waals surface area (Å²) in [7, 11) is 1.54. The zero-order chi connectivity index (χ0) is 32.5. The normalized spacial score (nSPS) is 30.6. The lowest BCUT2D eigenvalue weighted by atomic mass is 9.65. The number of alkyl halides is 2. The van der Waals surface area contributed by atoms with Crippen molar-refractivity contribution in [1.82, 2.24) is 10.2 Å². The molecule has 2 aliphatic heterocycles. The van der Waals surface area contributed by atoms with Crippen molar-refractivity contribution in [2.45, 2.75) is 97.3 Å².